The van der Waals surface area contributed by atoms with Crippen LogP contribution in [0.1, 0.15) is 44.1 Å². The van der Waals surface area contributed by atoms with E-state index in [0.717, 1.165) is 41.7 Å². The zero-order valence-electron chi connectivity index (χ0n) is 11.4. The molecule has 0 N–H and O–H groups in total. The first kappa shape index (κ1) is 14.6. The van der Waals surface area contributed by atoms with Crippen LogP contribution in [0.15, 0.2) is 22.7 Å². The Morgan fingerprint density at radius 1 is 1.32 bits per heavy atom. The molecule has 0 saturated heterocycles. The van der Waals surface area contributed by atoms with Crippen LogP contribution in [0.5, 0.6) is 5.75 Å². The molecule has 0 bridgehead atoms. The van der Waals surface area contributed by atoms with Crippen molar-refractivity contribution in [2.75, 3.05) is 0 Å². The van der Waals surface area contributed by atoms with Gasteiger partial charge in [-0.15, -0.1) is 0 Å². The van der Waals surface area contributed by atoms with Crippen molar-refractivity contribution < 1.29 is 9.53 Å². The summed E-state index contributed by atoms with van der Waals surface area (Å²) in [7, 11) is 0. The quantitative estimate of drug-likeness (QED) is 0.735. The Bertz CT molecular complexity index is 423. The first-order chi connectivity index (χ1) is 9.19. The molecule has 0 aromatic heterocycles. The lowest BCUT2D eigenvalue weighted by Crippen LogP contribution is -2.24. The Labute approximate surface area is 123 Å². The molecule has 0 aliphatic heterocycles. The van der Waals surface area contributed by atoms with Crippen LogP contribution in [0.3, 0.4) is 0 Å². The third kappa shape index (κ3) is 4.34. The lowest BCUT2D eigenvalue weighted by atomic mass is 9.84. The first-order valence-corrected chi connectivity index (χ1v) is 7.85. The van der Waals surface area contributed by atoms with Crippen LogP contribution in [0.25, 0.3) is 0 Å². The first-order valence-electron chi connectivity index (χ1n) is 7.05. The van der Waals surface area contributed by atoms with Crippen LogP contribution in [-0.4, -0.2) is 12.4 Å². The molecule has 3 heteroatoms. The van der Waals surface area contributed by atoms with Gasteiger partial charge in [-0.2, -0.15) is 0 Å². The second-order valence-electron chi connectivity index (χ2n) is 5.42. The van der Waals surface area contributed by atoms with Gasteiger partial charge in [0.2, 0.25) is 0 Å². The molecule has 19 heavy (non-hydrogen) atoms. The predicted molar refractivity (Wildman–Crippen MR) is 80.6 cm³/mol. The van der Waals surface area contributed by atoms with Gasteiger partial charge in [0.15, 0.2) is 0 Å². The minimum atomic E-state index is 0.341. The molecular weight excluding hydrogens is 304 g/mol. The van der Waals surface area contributed by atoms with Crippen LogP contribution in [-0.2, 0) is 4.79 Å². The van der Waals surface area contributed by atoms with Gasteiger partial charge in [0, 0.05) is 10.9 Å². The van der Waals surface area contributed by atoms with Crippen LogP contribution in [0.2, 0.25) is 0 Å². The van der Waals surface area contributed by atoms with Crippen molar-refractivity contribution in [3.63, 3.8) is 0 Å². The van der Waals surface area contributed by atoms with Gasteiger partial charge in [0.25, 0.3) is 0 Å². The summed E-state index contributed by atoms with van der Waals surface area (Å²) < 4.78 is 7.18. The fourth-order valence-electron chi connectivity index (χ4n) is 2.73. The van der Waals surface area contributed by atoms with Crippen LogP contribution in [0, 0.1) is 12.8 Å². The maximum atomic E-state index is 10.4. The predicted octanol–water partition coefficient (Wildman–Crippen LogP) is 4.67. The molecule has 0 unspecified atom stereocenters. The number of rotatable bonds is 5. The molecule has 1 aromatic carbocycles. The van der Waals surface area contributed by atoms with Gasteiger partial charge in [0.05, 0.1) is 6.10 Å². The van der Waals surface area contributed by atoms with Crippen molar-refractivity contribution in [2.45, 2.75) is 51.6 Å². The molecule has 2 nitrogen and oxygen atoms in total. The Balaban J connectivity index is 1.81. The van der Waals surface area contributed by atoms with E-state index < -0.39 is 0 Å². The average molecular weight is 325 g/mol. The molecule has 1 fully saturated rings. The lowest BCUT2D eigenvalue weighted by molar-refractivity contribution is -0.108. The van der Waals surface area contributed by atoms with E-state index in [1.54, 1.807) is 0 Å². The van der Waals surface area contributed by atoms with Gasteiger partial charge in [-0.25, -0.2) is 0 Å². The van der Waals surface area contributed by atoms with Crippen molar-refractivity contribution in [3.05, 3.63) is 28.2 Å². The van der Waals surface area contributed by atoms with Crippen LogP contribution >= 0.6 is 15.9 Å². The maximum absolute atomic E-state index is 10.4. The number of ether oxygens (including phenoxy) is 1. The number of aldehydes is 1. The normalized spacial score (nSPS) is 23.1. The summed E-state index contributed by atoms with van der Waals surface area (Å²) in [5, 5.41) is 0. The van der Waals surface area contributed by atoms with Crippen LogP contribution < -0.4 is 4.74 Å². The van der Waals surface area contributed by atoms with E-state index in [1.807, 2.05) is 12.1 Å². The van der Waals surface area contributed by atoms with E-state index in [9.17, 15) is 4.79 Å². The maximum Gasteiger partial charge on any atom is 0.120 e. The number of benzene rings is 1. The molecule has 0 atom stereocenters. The van der Waals surface area contributed by atoms with Gasteiger partial charge < -0.3 is 9.53 Å². The van der Waals surface area contributed by atoms with E-state index in [1.165, 1.54) is 18.4 Å². The second-order valence-corrected chi connectivity index (χ2v) is 6.27. The molecule has 104 valence electrons. The number of aryl methyl sites for hydroxylation is 1. The molecule has 0 amide bonds. The third-order valence-corrected chi connectivity index (χ3v) is 4.81. The topological polar surface area (TPSA) is 26.3 Å². The van der Waals surface area contributed by atoms with Crippen LogP contribution in [0.4, 0.5) is 0 Å². The lowest BCUT2D eigenvalue weighted by Gasteiger charge is -2.28. The molecule has 1 aromatic rings. The van der Waals surface area contributed by atoms with Crippen molar-refractivity contribution in [2.24, 2.45) is 5.92 Å². The number of halogens is 1. The molecule has 0 heterocycles. The molecule has 2 rings (SSSR count). The standard InChI is InChI=1S/C16H21BrO2/c1-12-11-15(8-9-16(12)17)19-14-6-4-13(5-7-14)3-2-10-18/h8-11,13-14H,2-7H2,1H3. The summed E-state index contributed by atoms with van der Waals surface area (Å²) in [5.74, 6) is 1.69. The molecule has 1 saturated carbocycles. The smallest absolute Gasteiger partial charge is 0.120 e. The third-order valence-electron chi connectivity index (χ3n) is 3.92. The highest BCUT2D eigenvalue weighted by Gasteiger charge is 2.22. The van der Waals surface area contributed by atoms with Crippen molar-refractivity contribution >= 4 is 22.2 Å². The van der Waals surface area contributed by atoms with E-state index in [0.29, 0.717) is 12.5 Å². The Kier molecular flexibility index (Phi) is 5.44. The molecular formula is C16H21BrO2. The Morgan fingerprint density at radius 2 is 2.05 bits per heavy atom. The van der Waals surface area contributed by atoms with Gasteiger partial charge in [-0.1, -0.05) is 15.9 Å². The summed E-state index contributed by atoms with van der Waals surface area (Å²) in [4.78, 5) is 10.4. The average Bonchev–Trinajstić information content (AvgIpc) is 2.42. The minimum absolute atomic E-state index is 0.341. The molecule has 0 radical (unpaired) electrons. The van der Waals surface area contributed by atoms with E-state index in [2.05, 4.69) is 28.9 Å². The van der Waals surface area contributed by atoms with Gasteiger partial charge >= 0.3 is 0 Å². The van der Waals surface area contributed by atoms with Crippen molar-refractivity contribution in [3.8, 4) is 5.75 Å². The number of carbonyl (C=O) groups excluding carboxylic acids is 1. The molecule has 1 aliphatic carbocycles. The summed E-state index contributed by atoms with van der Waals surface area (Å²) in [5.41, 5.74) is 1.21. The fourth-order valence-corrected chi connectivity index (χ4v) is 2.97. The largest absolute Gasteiger partial charge is 0.490 e. The highest BCUT2D eigenvalue weighted by Crippen LogP contribution is 2.31. The summed E-state index contributed by atoms with van der Waals surface area (Å²) in [6.07, 6.45) is 7.73. The van der Waals surface area contributed by atoms with Gasteiger partial charge in [-0.3, -0.25) is 0 Å². The zero-order chi connectivity index (χ0) is 13.7. The fraction of sp³-hybridized carbons (Fsp3) is 0.562. The Morgan fingerprint density at radius 3 is 2.68 bits per heavy atom. The molecule has 0 spiro atoms. The van der Waals surface area contributed by atoms with Gasteiger partial charge in [0.1, 0.15) is 12.0 Å². The van der Waals surface area contributed by atoms with Crippen molar-refractivity contribution in [1.82, 2.24) is 0 Å². The second kappa shape index (κ2) is 7.09. The van der Waals surface area contributed by atoms with Crippen molar-refractivity contribution in [1.29, 1.82) is 0 Å². The Hall–Kier alpha value is -0.830. The van der Waals surface area contributed by atoms with E-state index in [-0.39, 0.29) is 0 Å². The van der Waals surface area contributed by atoms with Gasteiger partial charge in [-0.05, 0) is 68.7 Å². The number of hydrogen-bond donors (Lipinski definition) is 0. The summed E-state index contributed by atoms with van der Waals surface area (Å²) in [6, 6.07) is 6.15. The monoisotopic (exact) mass is 324 g/mol. The SMILES string of the molecule is Cc1cc(OC2CCC(CCC=O)CC2)ccc1Br. The number of carbonyl (C=O) groups is 1. The summed E-state index contributed by atoms with van der Waals surface area (Å²) >= 11 is 3.50. The van der Waals surface area contributed by atoms with E-state index >= 15 is 0 Å². The highest BCUT2D eigenvalue weighted by atomic mass is 79.9. The summed E-state index contributed by atoms with van der Waals surface area (Å²) in [6.45, 7) is 2.08. The number of hydrogen-bond acceptors (Lipinski definition) is 2. The zero-order valence-corrected chi connectivity index (χ0v) is 13.0. The highest BCUT2D eigenvalue weighted by molar-refractivity contribution is 9.10. The van der Waals surface area contributed by atoms with E-state index in [4.69, 9.17) is 4.74 Å². The molecule has 1 aliphatic rings. The minimum Gasteiger partial charge on any atom is -0.490 e.